The molecule has 1 aliphatic carbocycles. The largest absolute Gasteiger partial charge is 0.349 e. The molecule has 1 aliphatic heterocycles. The number of carbonyl (C=O) groups excluding carboxylic acids is 1. The molecular weight excluding hydrogens is 408 g/mol. The minimum atomic E-state index is -3.55. The molecule has 5 nitrogen and oxygen atoms in total. The summed E-state index contributed by atoms with van der Waals surface area (Å²) in [5, 5.41) is 3.25. The Bertz CT molecular complexity index is 1060. The van der Waals surface area contributed by atoms with Crippen molar-refractivity contribution >= 4 is 15.9 Å². The summed E-state index contributed by atoms with van der Waals surface area (Å²) in [4.78, 5) is 13.4. The maximum absolute atomic E-state index is 13.3. The second kappa shape index (κ2) is 8.75. The molecule has 0 saturated carbocycles. The molecule has 31 heavy (non-hydrogen) atoms. The molecule has 4 rings (SSSR count). The van der Waals surface area contributed by atoms with Gasteiger partial charge in [0.25, 0.3) is 0 Å². The number of carbonyl (C=O) groups is 1. The van der Waals surface area contributed by atoms with Crippen molar-refractivity contribution in [3.8, 4) is 0 Å². The first-order chi connectivity index (χ1) is 14.8. The average molecular weight is 441 g/mol. The van der Waals surface area contributed by atoms with E-state index in [0.717, 1.165) is 36.0 Å². The van der Waals surface area contributed by atoms with Gasteiger partial charge in [-0.25, -0.2) is 8.42 Å². The van der Waals surface area contributed by atoms with Crippen LogP contribution in [0.25, 0.3) is 0 Å². The first kappa shape index (κ1) is 22.0. The number of benzene rings is 2. The van der Waals surface area contributed by atoms with Crippen LogP contribution in [-0.2, 0) is 21.2 Å². The van der Waals surface area contributed by atoms with Gasteiger partial charge in [-0.05, 0) is 75.1 Å². The summed E-state index contributed by atoms with van der Waals surface area (Å²) in [6, 6.07) is 12.2. The lowest BCUT2D eigenvalue weighted by Crippen LogP contribution is -2.44. The molecule has 1 amide bonds. The van der Waals surface area contributed by atoms with Crippen molar-refractivity contribution in [2.45, 2.75) is 63.8 Å². The summed E-state index contributed by atoms with van der Waals surface area (Å²) in [5.74, 6) is -0.0813. The zero-order valence-corrected chi connectivity index (χ0v) is 19.5. The monoisotopic (exact) mass is 440 g/mol. The molecular formula is C25H32N2O3S. The third-order valence-electron chi connectivity index (χ3n) is 6.71. The van der Waals surface area contributed by atoms with Crippen LogP contribution in [0.2, 0.25) is 0 Å². The fourth-order valence-corrected chi connectivity index (χ4v) is 7.14. The minimum absolute atomic E-state index is 0.0569. The number of nitrogens with one attached hydrogen (secondary N) is 1. The Morgan fingerprint density at radius 1 is 1.00 bits per heavy atom. The molecule has 1 saturated heterocycles. The van der Waals surface area contributed by atoms with Gasteiger partial charge in [0.15, 0.2) is 0 Å². The summed E-state index contributed by atoms with van der Waals surface area (Å²) in [7, 11) is -3.55. The number of fused-ring (bicyclic) bond motifs is 1. The molecule has 0 radical (unpaired) electrons. The first-order valence-corrected chi connectivity index (χ1v) is 12.7. The Hall–Kier alpha value is -2.18. The molecule has 0 bridgehead atoms. The molecule has 1 N–H and O–H groups in total. The van der Waals surface area contributed by atoms with Gasteiger partial charge in [-0.3, -0.25) is 4.79 Å². The molecule has 2 aliphatic rings. The van der Waals surface area contributed by atoms with Crippen molar-refractivity contribution in [2.75, 3.05) is 13.1 Å². The first-order valence-electron chi connectivity index (χ1n) is 11.2. The Kier molecular flexibility index (Phi) is 6.22. The quantitative estimate of drug-likeness (QED) is 0.775. The molecule has 0 spiro atoms. The van der Waals surface area contributed by atoms with Gasteiger partial charge in [0.2, 0.25) is 15.9 Å². The van der Waals surface area contributed by atoms with Crippen molar-refractivity contribution in [1.29, 1.82) is 0 Å². The summed E-state index contributed by atoms with van der Waals surface area (Å²) in [6.45, 7) is 6.46. The van der Waals surface area contributed by atoms with Crippen LogP contribution in [0, 0.1) is 26.7 Å². The third kappa shape index (κ3) is 4.41. The van der Waals surface area contributed by atoms with Crippen LogP contribution in [-0.4, -0.2) is 31.7 Å². The summed E-state index contributed by atoms with van der Waals surface area (Å²) >= 11 is 0. The smallest absolute Gasteiger partial charge is 0.243 e. The minimum Gasteiger partial charge on any atom is -0.349 e. The third-order valence-corrected chi connectivity index (χ3v) is 8.92. The fourth-order valence-electron chi connectivity index (χ4n) is 5.25. The number of nitrogens with zero attached hydrogens (tertiary/aromatic N) is 1. The standard InChI is InChI=1S/C25H32N2O3S/c1-17-15-18(2)24(19(3)16-17)31(29,30)27-13-11-21(12-14-27)25(28)26-23-10-6-8-20-7-4-5-9-22(20)23/h4-5,7,9,15-16,21,23H,6,8,10-14H2,1-3H3,(H,26,28)/t23-/m1/s1. The lowest BCUT2D eigenvalue weighted by Gasteiger charge is -2.33. The van der Waals surface area contributed by atoms with E-state index in [4.69, 9.17) is 0 Å². The van der Waals surface area contributed by atoms with Crippen LogP contribution in [0.3, 0.4) is 0 Å². The van der Waals surface area contributed by atoms with Crippen molar-refractivity contribution < 1.29 is 13.2 Å². The Morgan fingerprint density at radius 2 is 1.65 bits per heavy atom. The van der Waals surface area contributed by atoms with Crippen molar-refractivity contribution in [3.05, 3.63) is 64.2 Å². The van der Waals surface area contributed by atoms with Crippen LogP contribution in [0.5, 0.6) is 0 Å². The normalized spacial score (nSPS) is 20.3. The number of hydrogen-bond donors (Lipinski definition) is 1. The number of amides is 1. The second-order valence-corrected chi connectivity index (χ2v) is 10.9. The van der Waals surface area contributed by atoms with Crippen LogP contribution >= 0.6 is 0 Å². The Balaban J connectivity index is 1.42. The average Bonchev–Trinajstić information content (AvgIpc) is 2.73. The zero-order chi connectivity index (χ0) is 22.2. The Labute approximate surface area is 185 Å². The van der Waals surface area contributed by atoms with Crippen LogP contribution in [0.1, 0.15) is 59.5 Å². The number of aryl methyl sites for hydroxylation is 4. The number of hydrogen-bond acceptors (Lipinski definition) is 3. The number of piperidine rings is 1. The van der Waals surface area contributed by atoms with Crippen LogP contribution in [0.4, 0.5) is 0 Å². The van der Waals surface area contributed by atoms with E-state index >= 15 is 0 Å². The molecule has 1 heterocycles. The van der Waals surface area contributed by atoms with E-state index in [1.807, 2.05) is 39.0 Å². The highest BCUT2D eigenvalue weighted by Gasteiger charge is 2.34. The lowest BCUT2D eigenvalue weighted by atomic mass is 9.87. The SMILES string of the molecule is Cc1cc(C)c(S(=O)(=O)N2CCC(C(=O)N[C@@H]3CCCc4ccccc43)CC2)c(C)c1. The van der Waals surface area contributed by atoms with Gasteiger partial charge >= 0.3 is 0 Å². The van der Waals surface area contributed by atoms with Gasteiger partial charge in [-0.15, -0.1) is 0 Å². The van der Waals surface area contributed by atoms with E-state index in [2.05, 4.69) is 23.5 Å². The van der Waals surface area contributed by atoms with E-state index < -0.39 is 10.0 Å². The van der Waals surface area contributed by atoms with Gasteiger partial charge < -0.3 is 5.32 Å². The lowest BCUT2D eigenvalue weighted by molar-refractivity contribution is -0.127. The topological polar surface area (TPSA) is 66.5 Å². The summed E-state index contributed by atoms with van der Waals surface area (Å²) in [5.41, 5.74) is 5.19. The number of sulfonamides is 1. The van der Waals surface area contributed by atoms with Crippen molar-refractivity contribution in [2.24, 2.45) is 5.92 Å². The predicted molar refractivity (Wildman–Crippen MR) is 122 cm³/mol. The van der Waals surface area contributed by atoms with E-state index in [-0.39, 0.29) is 17.9 Å². The van der Waals surface area contributed by atoms with E-state index in [0.29, 0.717) is 30.8 Å². The van der Waals surface area contributed by atoms with Crippen LogP contribution < -0.4 is 5.32 Å². The molecule has 0 unspecified atom stereocenters. The molecule has 0 aromatic heterocycles. The van der Waals surface area contributed by atoms with Gasteiger partial charge in [-0.2, -0.15) is 4.31 Å². The molecule has 1 atom stereocenters. The highest BCUT2D eigenvalue weighted by molar-refractivity contribution is 7.89. The van der Waals surface area contributed by atoms with Crippen LogP contribution in [0.15, 0.2) is 41.3 Å². The maximum Gasteiger partial charge on any atom is 0.243 e. The fraction of sp³-hybridized carbons (Fsp3) is 0.480. The second-order valence-electron chi connectivity index (χ2n) is 9.06. The van der Waals surface area contributed by atoms with Gasteiger partial charge in [0, 0.05) is 19.0 Å². The molecule has 2 aromatic carbocycles. The predicted octanol–water partition coefficient (Wildman–Crippen LogP) is 4.21. The molecule has 166 valence electrons. The molecule has 2 aromatic rings. The summed E-state index contributed by atoms with van der Waals surface area (Å²) < 4.78 is 28.1. The van der Waals surface area contributed by atoms with Gasteiger partial charge in [-0.1, -0.05) is 42.0 Å². The molecule has 1 fully saturated rings. The van der Waals surface area contributed by atoms with Crippen molar-refractivity contribution in [1.82, 2.24) is 9.62 Å². The number of rotatable bonds is 4. The van der Waals surface area contributed by atoms with E-state index in [1.54, 1.807) is 4.31 Å². The molecule has 6 heteroatoms. The van der Waals surface area contributed by atoms with Crippen molar-refractivity contribution in [3.63, 3.8) is 0 Å². The highest BCUT2D eigenvalue weighted by Crippen LogP contribution is 2.32. The Morgan fingerprint density at radius 3 is 2.32 bits per heavy atom. The maximum atomic E-state index is 13.3. The zero-order valence-electron chi connectivity index (χ0n) is 18.6. The summed E-state index contributed by atoms with van der Waals surface area (Å²) in [6.07, 6.45) is 4.22. The van der Waals surface area contributed by atoms with Gasteiger partial charge in [0.05, 0.1) is 10.9 Å². The van der Waals surface area contributed by atoms with E-state index in [1.165, 1.54) is 11.1 Å². The van der Waals surface area contributed by atoms with Gasteiger partial charge in [0.1, 0.15) is 0 Å². The van der Waals surface area contributed by atoms with E-state index in [9.17, 15) is 13.2 Å². The highest BCUT2D eigenvalue weighted by atomic mass is 32.2.